The number of amides is 1. The third-order valence-corrected chi connectivity index (χ3v) is 3.77. The summed E-state index contributed by atoms with van der Waals surface area (Å²) in [5.74, 6) is -0.613. The SMILES string of the molecule is COC(=O)C[C@H](C)NC(=O)c1[nH]c2ccccc2c1Br. The van der Waals surface area contributed by atoms with E-state index in [1.54, 1.807) is 6.92 Å². The minimum absolute atomic E-state index is 0.139. The van der Waals surface area contributed by atoms with Crippen LogP contribution in [0, 0.1) is 0 Å². The molecule has 0 aliphatic heterocycles. The molecule has 5 nitrogen and oxygen atoms in total. The maximum absolute atomic E-state index is 12.2. The Labute approximate surface area is 124 Å². The van der Waals surface area contributed by atoms with Crippen LogP contribution in [0.2, 0.25) is 0 Å². The van der Waals surface area contributed by atoms with Gasteiger partial charge in [0.1, 0.15) is 5.69 Å². The zero-order chi connectivity index (χ0) is 14.7. The highest BCUT2D eigenvalue weighted by molar-refractivity contribution is 9.10. The van der Waals surface area contributed by atoms with Gasteiger partial charge in [-0.25, -0.2) is 0 Å². The summed E-state index contributed by atoms with van der Waals surface area (Å²) in [7, 11) is 1.32. The number of hydrogen-bond donors (Lipinski definition) is 2. The van der Waals surface area contributed by atoms with Crippen LogP contribution in [0.1, 0.15) is 23.8 Å². The molecule has 0 aliphatic rings. The number of esters is 1. The standard InChI is InChI=1S/C14H15BrN2O3/c1-8(7-11(18)20-2)16-14(19)13-12(15)9-5-3-4-6-10(9)17-13/h3-6,8,17H,7H2,1-2H3,(H,16,19)/t8-/m0/s1. The lowest BCUT2D eigenvalue weighted by molar-refractivity contribution is -0.141. The fraction of sp³-hybridized carbons (Fsp3) is 0.286. The van der Waals surface area contributed by atoms with Gasteiger partial charge in [-0.1, -0.05) is 18.2 Å². The third kappa shape index (κ3) is 3.01. The summed E-state index contributed by atoms with van der Waals surface area (Å²) in [6, 6.07) is 7.32. The van der Waals surface area contributed by atoms with Gasteiger partial charge in [-0.05, 0) is 28.9 Å². The lowest BCUT2D eigenvalue weighted by atomic mass is 10.2. The molecule has 1 amide bonds. The number of hydrogen-bond acceptors (Lipinski definition) is 3. The largest absolute Gasteiger partial charge is 0.469 e. The minimum Gasteiger partial charge on any atom is -0.469 e. The highest BCUT2D eigenvalue weighted by atomic mass is 79.9. The number of methoxy groups -OCH3 is 1. The number of aromatic amines is 1. The lowest BCUT2D eigenvalue weighted by Crippen LogP contribution is -2.34. The maximum atomic E-state index is 12.2. The van der Waals surface area contributed by atoms with Crippen LogP contribution in [-0.2, 0) is 9.53 Å². The Bertz CT molecular complexity index is 651. The molecule has 2 rings (SSSR count). The Hall–Kier alpha value is -1.82. The van der Waals surface area contributed by atoms with E-state index < -0.39 is 0 Å². The van der Waals surface area contributed by atoms with Crippen LogP contribution in [0.3, 0.4) is 0 Å². The summed E-state index contributed by atoms with van der Waals surface area (Å²) >= 11 is 3.42. The molecule has 6 heteroatoms. The molecule has 1 aromatic heterocycles. The second-order valence-electron chi connectivity index (χ2n) is 4.51. The number of aromatic nitrogens is 1. The average molecular weight is 339 g/mol. The van der Waals surface area contributed by atoms with Crippen LogP contribution in [0.25, 0.3) is 10.9 Å². The molecule has 2 N–H and O–H groups in total. The molecule has 0 spiro atoms. The summed E-state index contributed by atoms with van der Waals surface area (Å²) in [6.07, 6.45) is 0.139. The molecule has 2 aromatic rings. The fourth-order valence-electron chi connectivity index (χ4n) is 1.94. The van der Waals surface area contributed by atoms with E-state index in [0.29, 0.717) is 5.69 Å². The summed E-state index contributed by atoms with van der Waals surface area (Å²) in [4.78, 5) is 26.4. The van der Waals surface area contributed by atoms with E-state index in [1.165, 1.54) is 7.11 Å². The number of benzene rings is 1. The maximum Gasteiger partial charge on any atom is 0.307 e. The fourth-order valence-corrected chi connectivity index (χ4v) is 2.57. The number of carbonyl (C=O) groups is 2. The molecule has 0 aliphatic carbocycles. The summed E-state index contributed by atoms with van der Waals surface area (Å²) < 4.78 is 5.29. The van der Waals surface area contributed by atoms with Crippen molar-refractivity contribution in [1.82, 2.24) is 10.3 Å². The first kappa shape index (κ1) is 14.6. The topological polar surface area (TPSA) is 71.2 Å². The summed E-state index contributed by atoms with van der Waals surface area (Å²) in [5, 5.41) is 3.71. The number of nitrogens with one attached hydrogen (secondary N) is 2. The van der Waals surface area contributed by atoms with Crippen molar-refractivity contribution in [2.24, 2.45) is 0 Å². The van der Waals surface area contributed by atoms with E-state index in [4.69, 9.17) is 0 Å². The Morgan fingerprint density at radius 3 is 2.75 bits per heavy atom. The predicted molar refractivity (Wildman–Crippen MR) is 79.6 cm³/mol. The third-order valence-electron chi connectivity index (χ3n) is 2.95. The molecule has 0 unspecified atom stereocenters. The second kappa shape index (κ2) is 6.09. The van der Waals surface area contributed by atoms with Gasteiger partial charge in [0.25, 0.3) is 5.91 Å². The van der Waals surface area contributed by atoms with Gasteiger partial charge in [0.15, 0.2) is 0 Å². The molecular formula is C14H15BrN2O3. The van der Waals surface area contributed by atoms with Crippen molar-refractivity contribution in [2.45, 2.75) is 19.4 Å². The van der Waals surface area contributed by atoms with Crippen LogP contribution in [0.4, 0.5) is 0 Å². The zero-order valence-electron chi connectivity index (χ0n) is 11.2. The van der Waals surface area contributed by atoms with Gasteiger partial charge < -0.3 is 15.0 Å². The Morgan fingerprint density at radius 2 is 2.10 bits per heavy atom. The van der Waals surface area contributed by atoms with Gasteiger partial charge in [0, 0.05) is 16.9 Å². The van der Waals surface area contributed by atoms with Crippen LogP contribution in [-0.4, -0.2) is 30.0 Å². The number of halogens is 1. The number of para-hydroxylation sites is 1. The highest BCUT2D eigenvalue weighted by Gasteiger charge is 2.18. The van der Waals surface area contributed by atoms with Crippen LogP contribution >= 0.6 is 15.9 Å². The molecular weight excluding hydrogens is 324 g/mol. The number of ether oxygens (including phenoxy) is 1. The van der Waals surface area contributed by atoms with Crippen molar-refractivity contribution in [3.8, 4) is 0 Å². The molecule has 106 valence electrons. The van der Waals surface area contributed by atoms with Crippen LogP contribution in [0.15, 0.2) is 28.7 Å². The second-order valence-corrected chi connectivity index (χ2v) is 5.31. The van der Waals surface area contributed by atoms with Gasteiger partial charge in [-0.3, -0.25) is 9.59 Å². The van der Waals surface area contributed by atoms with Crippen molar-refractivity contribution in [1.29, 1.82) is 0 Å². The van der Waals surface area contributed by atoms with Gasteiger partial charge >= 0.3 is 5.97 Å². The number of fused-ring (bicyclic) bond motifs is 1. The highest BCUT2D eigenvalue weighted by Crippen LogP contribution is 2.27. The van der Waals surface area contributed by atoms with Crippen LogP contribution in [0.5, 0.6) is 0 Å². The predicted octanol–water partition coefficient (Wildman–Crippen LogP) is 2.61. The first-order chi connectivity index (χ1) is 9.52. The van der Waals surface area contributed by atoms with Gasteiger partial charge in [-0.2, -0.15) is 0 Å². The molecule has 0 saturated carbocycles. The average Bonchev–Trinajstić information content (AvgIpc) is 2.76. The molecule has 1 aromatic carbocycles. The van der Waals surface area contributed by atoms with Crippen molar-refractivity contribution in [3.63, 3.8) is 0 Å². The van der Waals surface area contributed by atoms with Crippen molar-refractivity contribution >= 4 is 38.7 Å². The molecule has 0 bridgehead atoms. The molecule has 0 radical (unpaired) electrons. The van der Waals surface area contributed by atoms with Gasteiger partial charge in [0.05, 0.1) is 18.0 Å². The summed E-state index contributed by atoms with van der Waals surface area (Å²) in [6.45, 7) is 1.76. The molecule has 1 heterocycles. The Morgan fingerprint density at radius 1 is 1.40 bits per heavy atom. The monoisotopic (exact) mass is 338 g/mol. The molecule has 0 fully saturated rings. The normalized spacial score (nSPS) is 12.2. The Kier molecular flexibility index (Phi) is 4.44. The molecule has 20 heavy (non-hydrogen) atoms. The quantitative estimate of drug-likeness (QED) is 0.841. The minimum atomic E-state index is -0.353. The first-order valence-electron chi connectivity index (χ1n) is 6.16. The Balaban J connectivity index is 2.15. The van der Waals surface area contributed by atoms with Crippen molar-refractivity contribution in [3.05, 3.63) is 34.4 Å². The van der Waals surface area contributed by atoms with Crippen molar-refractivity contribution in [2.75, 3.05) is 7.11 Å². The number of rotatable bonds is 4. The zero-order valence-corrected chi connectivity index (χ0v) is 12.8. The summed E-state index contributed by atoms with van der Waals surface area (Å²) in [5.41, 5.74) is 1.33. The van der Waals surface area contributed by atoms with E-state index in [-0.39, 0.29) is 24.3 Å². The molecule has 1 atom stereocenters. The first-order valence-corrected chi connectivity index (χ1v) is 6.96. The van der Waals surface area contributed by atoms with Gasteiger partial charge in [-0.15, -0.1) is 0 Å². The lowest BCUT2D eigenvalue weighted by Gasteiger charge is -2.11. The number of carbonyl (C=O) groups excluding carboxylic acids is 2. The number of H-pyrrole nitrogens is 1. The van der Waals surface area contributed by atoms with E-state index in [2.05, 4.69) is 31.0 Å². The van der Waals surface area contributed by atoms with E-state index >= 15 is 0 Å². The van der Waals surface area contributed by atoms with E-state index in [1.807, 2.05) is 24.3 Å². The van der Waals surface area contributed by atoms with E-state index in [9.17, 15) is 9.59 Å². The smallest absolute Gasteiger partial charge is 0.307 e. The molecule has 0 saturated heterocycles. The van der Waals surface area contributed by atoms with Crippen LogP contribution < -0.4 is 5.32 Å². The van der Waals surface area contributed by atoms with Gasteiger partial charge in [0.2, 0.25) is 0 Å². The van der Waals surface area contributed by atoms with Crippen molar-refractivity contribution < 1.29 is 14.3 Å². The van der Waals surface area contributed by atoms with E-state index in [0.717, 1.165) is 15.4 Å².